The molecule has 0 aliphatic rings. The van der Waals surface area contributed by atoms with Gasteiger partial charge >= 0.3 is 0 Å². The summed E-state index contributed by atoms with van der Waals surface area (Å²) in [4.78, 5) is 4.12. The molecule has 3 rings (SSSR count). The zero-order chi connectivity index (χ0) is 14.1. The first-order valence-electron chi connectivity index (χ1n) is 5.70. The third-order valence-electron chi connectivity index (χ3n) is 2.74. The van der Waals surface area contributed by atoms with Gasteiger partial charge < -0.3 is 0 Å². The van der Waals surface area contributed by atoms with E-state index in [1.165, 1.54) is 0 Å². The van der Waals surface area contributed by atoms with Crippen molar-refractivity contribution in [2.75, 3.05) is 0 Å². The third kappa shape index (κ3) is 2.48. The van der Waals surface area contributed by atoms with Crippen molar-refractivity contribution in [3.8, 4) is 17.1 Å². The molecule has 3 aromatic rings. The summed E-state index contributed by atoms with van der Waals surface area (Å²) >= 11 is 12.3. The van der Waals surface area contributed by atoms with Crippen molar-refractivity contribution in [3.05, 3.63) is 56.4 Å². The first-order valence-corrected chi connectivity index (χ1v) is 7.69. The fraction of sp³-hybridized carbons (Fsp3) is 0. The Morgan fingerprint density at radius 3 is 2.75 bits per heavy atom. The highest BCUT2D eigenvalue weighted by molar-refractivity contribution is 9.11. The van der Waals surface area contributed by atoms with Gasteiger partial charge in [0.2, 0.25) is 0 Å². The highest BCUT2D eigenvalue weighted by Gasteiger charge is 2.13. The van der Waals surface area contributed by atoms with Gasteiger partial charge in [-0.15, -0.1) is 0 Å². The number of aromatic nitrogens is 4. The maximum Gasteiger partial charge on any atom is 0.200 e. The minimum atomic E-state index is 0.534. The van der Waals surface area contributed by atoms with E-state index in [0.29, 0.717) is 4.77 Å². The van der Waals surface area contributed by atoms with Crippen LogP contribution in [0.4, 0.5) is 0 Å². The van der Waals surface area contributed by atoms with Crippen molar-refractivity contribution in [2.24, 2.45) is 0 Å². The molecule has 0 saturated carbocycles. The monoisotopic (exact) mass is 410 g/mol. The van der Waals surface area contributed by atoms with Crippen molar-refractivity contribution >= 4 is 44.1 Å². The third-order valence-corrected chi connectivity index (χ3v) is 4.14. The van der Waals surface area contributed by atoms with Gasteiger partial charge in [0.05, 0.1) is 5.69 Å². The number of rotatable bonds is 2. The first-order chi connectivity index (χ1) is 9.66. The van der Waals surface area contributed by atoms with Crippen LogP contribution in [0.15, 0.2) is 51.7 Å². The Kier molecular flexibility index (Phi) is 3.82. The van der Waals surface area contributed by atoms with E-state index in [-0.39, 0.29) is 0 Å². The Hall–Kier alpha value is -1.31. The minimum Gasteiger partial charge on any atom is -0.267 e. The molecule has 0 spiro atoms. The van der Waals surface area contributed by atoms with E-state index in [1.54, 1.807) is 12.4 Å². The number of nitrogens with one attached hydrogen (secondary N) is 1. The molecule has 20 heavy (non-hydrogen) atoms. The minimum absolute atomic E-state index is 0.534. The molecule has 0 amide bonds. The predicted octanol–water partition coefficient (Wildman–Crippen LogP) is 4.52. The molecule has 2 aromatic heterocycles. The van der Waals surface area contributed by atoms with Crippen molar-refractivity contribution in [1.29, 1.82) is 0 Å². The van der Waals surface area contributed by atoms with Crippen LogP contribution in [0.5, 0.6) is 0 Å². The lowest BCUT2D eigenvalue weighted by atomic mass is 10.2. The SMILES string of the molecule is S=c1[nH]nc(-c2cccnc2)n1-c1ccc(Br)cc1Br. The number of pyridine rings is 1. The molecule has 1 N–H and O–H groups in total. The van der Waals surface area contributed by atoms with Gasteiger partial charge in [0.1, 0.15) is 0 Å². The fourth-order valence-electron chi connectivity index (χ4n) is 1.87. The summed E-state index contributed by atoms with van der Waals surface area (Å²) in [5, 5.41) is 7.13. The van der Waals surface area contributed by atoms with Crippen LogP contribution in [0, 0.1) is 4.77 Å². The lowest BCUT2D eigenvalue weighted by molar-refractivity contribution is 1.03. The molecule has 0 fully saturated rings. The van der Waals surface area contributed by atoms with Crippen LogP contribution in [0.2, 0.25) is 0 Å². The highest BCUT2D eigenvalue weighted by atomic mass is 79.9. The van der Waals surface area contributed by atoms with Crippen molar-refractivity contribution < 1.29 is 0 Å². The van der Waals surface area contributed by atoms with Crippen LogP contribution < -0.4 is 0 Å². The number of hydrogen-bond donors (Lipinski definition) is 1. The second kappa shape index (κ2) is 5.59. The van der Waals surface area contributed by atoms with Crippen LogP contribution in [-0.2, 0) is 0 Å². The summed E-state index contributed by atoms with van der Waals surface area (Å²) in [7, 11) is 0. The van der Waals surface area contributed by atoms with Gasteiger partial charge in [0, 0.05) is 26.9 Å². The second-order valence-corrected chi connectivity index (χ2v) is 6.18. The van der Waals surface area contributed by atoms with E-state index in [1.807, 2.05) is 34.9 Å². The molecule has 100 valence electrons. The largest absolute Gasteiger partial charge is 0.267 e. The Morgan fingerprint density at radius 1 is 1.20 bits per heavy atom. The molecular formula is C13H8Br2N4S. The predicted molar refractivity (Wildman–Crippen MR) is 87.4 cm³/mol. The average molecular weight is 412 g/mol. The van der Waals surface area contributed by atoms with E-state index in [2.05, 4.69) is 47.0 Å². The zero-order valence-electron chi connectivity index (χ0n) is 10.0. The number of aromatic amines is 1. The molecule has 0 radical (unpaired) electrons. The van der Waals surface area contributed by atoms with Crippen LogP contribution in [0.25, 0.3) is 17.1 Å². The highest BCUT2D eigenvalue weighted by Crippen LogP contribution is 2.28. The van der Waals surface area contributed by atoms with Gasteiger partial charge in [-0.25, -0.2) is 0 Å². The molecule has 0 saturated heterocycles. The maximum absolute atomic E-state index is 5.34. The van der Waals surface area contributed by atoms with Gasteiger partial charge in [-0.1, -0.05) is 15.9 Å². The smallest absolute Gasteiger partial charge is 0.200 e. The number of H-pyrrole nitrogens is 1. The number of hydrogen-bond acceptors (Lipinski definition) is 3. The van der Waals surface area contributed by atoms with E-state index < -0.39 is 0 Å². The van der Waals surface area contributed by atoms with E-state index in [0.717, 1.165) is 26.0 Å². The number of halogens is 2. The molecule has 7 heteroatoms. The van der Waals surface area contributed by atoms with Crippen LogP contribution in [0.1, 0.15) is 0 Å². The Balaban J connectivity index is 2.25. The Morgan fingerprint density at radius 2 is 2.05 bits per heavy atom. The molecule has 0 aliphatic carbocycles. The summed E-state index contributed by atoms with van der Waals surface area (Å²) in [6, 6.07) is 9.72. The van der Waals surface area contributed by atoms with E-state index >= 15 is 0 Å². The summed E-state index contributed by atoms with van der Waals surface area (Å²) in [5.41, 5.74) is 1.82. The topological polar surface area (TPSA) is 46.5 Å². The van der Waals surface area contributed by atoms with E-state index in [9.17, 15) is 0 Å². The Labute approximate surface area is 137 Å². The zero-order valence-corrected chi connectivity index (χ0v) is 14.0. The van der Waals surface area contributed by atoms with Crippen molar-refractivity contribution in [2.45, 2.75) is 0 Å². The van der Waals surface area contributed by atoms with Gasteiger partial charge in [-0.3, -0.25) is 14.6 Å². The van der Waals surface area contributed by atoms with Crippen LogP contribution in [-0.4, -0.2) is 19.7 Å². The fourth-order valence-corrected chi connectivity index (χ4v) is 3.33. The van der Waals surface area contributed by atoms with Gasteiger partial charge in [-0.2, -0.15) is 5.10 Å². The van der Waals surface area contributed by atoms with Gasteiger partial charge in [-0.05, 0) is 58.5 Å². The molecular weight excluding hydrogens is 404 g/mol. The number of benzene rings is 1. The second-order valence-electron chi connectivity index (χ2n) is 4.03. The summed E-state index contributed by atoms with van der Waals surface area (Å²) in [5.74, 6) is 0.728. The number of nitrogens with zero attached hydrogens (tertiary/aromatic N) is 3. The molecule has 2 heterocycles. The summed E-state index contributed by atoms with van der Waals surface area (Å²) in [6.45, 7) is 0. The summed E-state index contributed by atoms with van der Waals surface area (Å²) in [6.07, 6.45) is 3.48. The average Bonchev–Trinajstić information content (AvgIpc) is 2.82. The normalized spacial score (nSPS) is 10.7. The lowest BCUT2D eigenvalue weighted by Crippen LogP contribution is -1.99. The quantitative estimate of drug-likeness (QED) is 0.630. The van der Waals surface area contributed by atoms with Crippen molar-refractivity contribution in [3.63, 3.8) is 0 Å². The molecule has 0 bridgehead atoms. The molecule has 1 aromatic carbocycles. The van der Waals surface area contributed by atoms with Gasteiger partial charge in [0.15, 0.2) is 10.6 Å². The lowest BCUT2D eigenvalue weighted by Gasteiger charge is -2.09. The Bertz CT molecular complexity index is 811. The van der Waals surface area contributed by atoms with E-state index in [4.69, 9.17) is 12.2 Å². The standard InChI is InChI=1S/C13H8Br2N4S/c14-9-3-4-11(10(15)6-9)19-12(17-18-13(19)20)8-2-1-5-16-7-8/h1-7H,(H,18,20). The molecule has 0 unspecified atom stereocenters. The van der Waals surface area contributed by atoms with Crippen LogP contribution in [0.3, 0.4) is 0 Å². The molecule has 0 atom stereocenters. The molecule has 0 aliphatic heterocycles. The molecule has 4 nitrogen and oxygen atoms in total. The van der Waals surface area contributed by atoms with Crippen LogP contribution >= 0.6 is 44.1 Å². The van der Waals surface area contributed by atoms with Crippen molar-refractivity contribution in [1.82, 2.24) is 19.7 Å². The first kappa shape index (κ1) is 13.7. The maximum atomic E-state index is 5.34. The van der Waals surface area contributed by atoms with Gasteiger partial charge in [0.25, 0.3) is 0 Å². The summed E-state index contributed by atoms with van der Waals surface area (Å²) < 4.78 is 4.33.